The molecule has 0 bridgehead atoms. The molecule has 6 nitrogen and oxygen atoms in total. The number of likely N-dealkylation sites (tertiary alicyclic amines) is 1. The number of nitrogens with zero attached hydrogens (tertiary/aromatic N) is 2. The van der Waals surface area contributed by atoms with E-state index in [1.54, 1.807) is 6.07 Å². The molecule has 1 fully saturated rings. The number of aliphatic hydroxyl groups excluding tert-OH is 1. The van der Waals surface area contributed by atoms with Crippen LogP contribution >= 0.6 is 0 Å². The molecule has 2 atom stereocenters. The highest BCUT2D eigenvalue weighted by Crippen LogP contribution is 2.20. The molecule has 1 aliphatic heterocycles. The van der Waals surface area contributed by atoms with E-state index < -0.39 is 18.1 Å². The molecule has 1 aromatic rings. The smallest absolute Gasteiger partial charge is 0.325 e. The number of aromatic nitrogens is 1. The van der Waals surface area contributed by atoms with Gasteiger partial charge in [0.25, 0.3) is 0 Å². The Morgan fingerprint density at radius 2 is 2.59 bits per heavy atom. The van der Waals surface area contributed by atoms with Gasteiger partial charge >= 0.3 is 5.97 Å². The Morgan fingerprint density at radius 3 is 3.24 bits per heavy atom. The fraction of sp³-hybridized carbons (Fsp3) is 0.636. The molecule has 6 heteroatoms. The number of rotatable bonds is 3. The number of piperidine rings is 1. The lowest BCUT2D eigenvalue weighted by Crippen LogP contribution is -2.52. The minimum absolute atomic E-state index is 0.402. The summed E-state index contributed by atoms with van der Waals surface area (Å²) < 4.78 is 9.47. The first kappa shape index (κ1) is 12.1. The second-order valence-electron chi connectivity index (χ2n) is 4.14. The first-order valence-corrected chi connectivity index (χ1v) is 5.61. The lowest BCUT2D eigenvalue weighted by atomic mass is 9.98. The highest BCUT2D eigenvalue weighted by atomic mass is 16.5. The van der Waals surface area contributed by atoms with Gasteiger partial charge in [0.05, 0.1) is 18.9 Å². The van der Waals surface area contributed by atoms with E-state index in [4.69, 9.17) is 9.26 Å². The molecule has 0 saturated carbocycles. The van der Waals surface area contributed by atoms with Crippen molar-refractivity contribution in [1.82, 2.24) is 10.1 Å². The predicted octanol–water partition coefficient (Wildman–Crippen LogP) is 0.173. The van der Waals surface area contributed by atoms with Gasteiger partial charge in [-0.2, -0.15) is 0 Å². The number of aliphatic hydroxyl groups is 1. The van der Waals surface area contributed by atoms with E-state index in [-0.39, 0.29) is 0 Å². The SMILES string of the molecule is COC(=O)[C@H]1[C@@H](O)CCCN1Cc1ccon1. The lowest BCUT2D eigenvalue weighted by molar-refractivity contribution is -0.154. The van der Waals surface area contributed by atoms with Crippen LogP contribution in [0.4, 0.5) is 0 Å². The molecule has 0 aromatic carbocycles. The van der Waals surface area contributed by atoms with Gasteiger partial charge in [0.15, 0.2) is 0 Å². The van der Waals surface area contributed by atoms with Crippen LogP contribution in [0, 0.1) is 0 Å². The van der Waals surface area contributed by atoms with Gasteiger partial charge in [0, 0.05) is 12.6 Å². The third kappa shape index (κ3) is 2.65. The van der Waals surface area contributed by atoms with Gasteiger partial charge in [-0.05, 0) is 19.4 Å². The number of carbonyl (C=O) groups is 1. The lowest BCUT2D eigenvalue weighted by Gasteiger charge is -2.36. The average Bonchev–Trinajstić information content (AvgIpc) is 2.81. The summed E-state index contributed by atoms with van der Waals surface area (Å²) >= 11 is 0. The van der Waals surface area contributed by atoms with Crippen LogP contribution < -0.4 is 0 Å². The second-order valence-corrected chi connectivity index (χ2v) is 4.14. The Morgan fingerprint density at radius 1 is 1.76 bits per heavy atom. The van der Waals surface area contributed by atoms with Crippen molar-refractivity contribution in [2.75, 3.05) is 13.7 Å². The number of hydrogen-bond acceptors (Lipinski definition) is 6. The van der Waals surface area contributed by atoms with E-state index in [9.17, 15) is 9.90 Å². The van der Waals surface area contributed by atoms with Crippen LogP contribution in [-0.4, -0.2) is 46.9 Å². The Kier molecular flexibility index (Phi) is 3.75. The van der Waals surface area contributed by atoms with E-state index in [0.29, 0.717) is 13.0 Å². The summed E-state index contributed by atoms with van der Waals surface area (Å²) in [5.41, 5.74) is 0.744. The van der Waals surface area contributed by atoms with Gasteiger partial charge in [-0.15, -0.1) is 0 Å². The van der Waals surface area contributed by atoms with Gasteiger partial charge in [-0.1, -0.05) is 5.16 Å². The molecule has 17 heavy (non-hydrogen) atoms. The van der Waals surface area contributed by atoms with Crippen molar-refractivity contribution in [3.63, 3.8) is 0 Å². The predicted molar refractivity (Wildman–Crippen MR) is 58.0 cm³/mol. The topological polar surface area (TPSA) is 75.8 Å². The Labute approximate surface area is 99.1 Å². The fourth-order valence-electron chi connectivity index (χ4n) is 2.18. The van der Waals surface area contributed by atoms with E-state index in [1.807, 2.05) is 4.90 Å². The number of hydrogen-bond donors (Lipinski definition) is 1. The zero-order valence-corrected chi connectivity index (χ0v) is 9.70. The molecule has 0 unspecified atom stereocenters. The van der Waals surface area contributed by atoms with Crippen molar-refractivity contribution in [2.24, 2.45) is 0 Å². The highest BCUT2D eigenvalue weighted by Gasteiger charge is 2.36. The maximum atomic E-state index is 11.6. The number of carbonyl (C=O) groups excluding carboxylic acids is 1. The number of esters is 1. The summed E-state index contributed by atoms with van der Waals surface area (Å²) in [6, 6.07) is 1.14. The number of ether oxygens (including phenoxy) is 1. The zero-order chi connectivity index (χ0) is 12.3. The van der Waals surface area contributed by atoms with Gasteiger partial charge in [-0.25, -0.2) is 0 Å². The van der Waals surface area contributed by atoms with Gasteiger partial charge in [0.2, 0.25) is 0 Å². The third-order valence-electron chi connectivity index (χ3n) is 3.00. The molecule has 0 amide bonds. The summed E-state index contributed by atoms with van der Waals surface area (Å²) in [5.74, 6) is -0.402. The molecule has 0 radical (unpaired) electrons. The summed E-state index contributed by atoms with van der Waals surface area (Å²) in [6.45, 7) is 1.22. The summed E-state index contributed by atoms with van der Waals surface area (Å²) in [4.78, 5) is 13.5. The summed E-state index contributed by atoms with van der Waals surface area (Å²) in [6.07, 6.45) is 2.29. The van der Waals surface area contributed by atoms with Crippen LogP contribution in [0.3, 0.4) is 0 Å². The van der Waals surface area contributed by atoms with E-state index in [0.717, 1.165) is 18.7 Å². The summed E-state index contributed by atoms with van der Waals surface area (Å²) in [7, 11) is 1.33. The molecule has 94 valence electrons. The van der Waals surface area contributed by atoms with Crippen LogP contribution in [-0.2, 0) is 16.1 Å². The molecule has 1 saturated heterocycles. The molecule has 1 N–H and O–H groups in total. The van der Waals surface area contributed by atoms with Crippen LogP contribution in [0.15, 0.2) is 16.9 Å². The van der Waals surface area contributed by atoms with Crippen molar-refractivity contribution in [3.05, 3.63) is 18.0 Å². The van der Waals surface area contributed by atoms with Crippen molar-refractivity contribution in [3.8, 4) is 0 Å². The largest absolute Gasteiger partial charge is 0.468 e. The first-order chi connectivity index (χ1) is 8.22. The van der Waals surface area contributed by atoms with Crippen LogP contribution in [0.25, 0.3) is 0 Å². The molecular weight excluding hydrogens is 224 g/mol. The molecule has 1 aliphatic rings. The quantitative estimate of drug-likeness (QED) is 0.759. The zero-order valence-electron chi connectivity index (χ0n) is 9.70. The Bertz CT molecular complexity index is 366. The van der Waals surface area contributed by atoms with Crippen molar-refractivity contribution in [1.29, 1.82) is 0 Å². The fourth-order valence-corrected chi connectivity index (χ4v) is 2.18. The molecule has 2 heterocycles. The molecule has 0 aliphatic carbocycles. The van der Waals surface area contributed by atoms with E-state index in [1.165, 1.54) is 13.4 Å². The first-order valence-electron chi connectivity index (χ1n) is 5.61. The Balaban J connectivity index is 2.09. The van der Waals surface area contributed by atoms with Crippen molar-refractivity contribution in [2.45, 2.75) is 31.5 Å². The standard InChI is InChI=1S/C11H16N2O4/c1-16-11(15)10-9(14)3-2-5-13(10)7-8-4-6-17-12-8/h4,6,9-10,14H,2-3,5,7H2,1H3/t9-,10+/m0/s1. The summed E-state index contributed by atoms with van der Waals surface area (Å²) in [5, 5.41) is 13.7. The normalized spacial score (nSPS) is 25.8. The number of methoxy groups -OCH3 is 1. The average molecular weight is 240 g/mol. The van der Waals surface area contributed by atoms with Crippen LogP contribution in [0.5, 0.6) is 0 Å². The van der Waals surface area contributed by atoms with Gasteiger partial charge in [-0.3, -0.25) is 9.69 Å². The maximum absolute atomic E-state index is 11.6. The minimum Gasteiger partial charge on any atom is -0.468 e. The van der Waals surface area contributed by atoms with E-state index in [2.05, 4.69) is 5.16 Å². The van der Waals surface area contributed by atoms with Crippen molar-refractivity contribution >= 4 is 5.97 Å². The van der Waals surface area contributed by atoms with Gasteiger partial charge in [0.1, 0.15) is 12.3 Å². The van der Waals surface area contributed by atoms with Crippen LogP contribution in [0.2, 0.25) is 0 Å². The Hall–Kier alpha value is -1.40. The second kappa shape index (κ2) is 5.29. The highest BCUT2D eigenvalue weighted by molar-refractivity contribution is 5.76. The van der Waals surface area contributed by atoms with E-state index >= 15 is 0 Å². The van der Waals surface area contributed by atoms with Crippen LogP contribution in [0.1, 0.15) is 18.5 Å². The molecular formula is C11H16N2O4. The third-order valence-corrected chi connectivity index (χ3v) is 3.00. The maximum Gasteiger partial charge on any atom is 0.325 e. The molecule has 1 aromatic heterocycles. The monoisotopic (exact) mass is 240 g/mol. The molecule has 0 spiro atoms. The van der Waals surface area contributed by atoms with Gasteiger partial charge < -0.3 is 14.4 Å². The molecule has 2 rings (SSSR count). The van der Waals surface area contributed by atoms with Crippen molar-refractivity contribution < 1.29 is 19.2 Å². The minimum atomic E-state index is -0.678.